The largest absolute Gasteiger partial charge is 0.453 e. The van der Waals surface area contributed by atoms with Gasteiger partial charge in [-0.25, -0.2) is 0 Å². The zero-order chi connectivity index (χ0) is 22.8. The van der Waals surface area contributed by atoms with Crippen molar-refractivity contribution in [3.8, 4) is 0 Å². The van der Waals surface area contributed by atoms with Crippen molar-refractivity contribution in [3.05, 3.63) is 59.7 Å². The summed E-state index contributed by atoms with van der Waals surface area (Å²) in [5, 5.41) is 5.27. The van der Waals surface area contributed by atoms with Gasteiger partial charge in [0, 0.05) is 30.3 Å². The molecule has 7 nitrogen and oxygen atoms in total. The molecule has 0 heterocycles. The first-order valence-corrected chi connectivity index (χ1v) is 10.3. The number of nitrogens with one attached hydrogen (secondary N) is 2. The van der Waals surface area contributed by atoms with Gasteiger partial charge >= 0.3 is 5.97 Å². The van der Waals surface area contributed by atoms with Gasteiger partial charge in [-0.05, 0) is 43.2 Å². The summed E-state index contributed by atoms with van der Waals surface area (Å²) in [6, 6.07) is 13.9. The fourth-order valence-electron chi connectivity index (χ4n) is 2.90. The number of benzene rings is 2. The number of esters is 1. The molecule has 2 rings (SSSR count). The van der Waals surface area contributed by atoms with Crippen molar-refractivity contribution in [2.24, 2.45) is 0 Å². The molecule has 31 heavy (non-hydrogen) atoms. The third-order valence-electron chi connectivity index (χ3n) is 4.52. The molecule has 0 saturated heterocycles. The molecular formula is C24H28N2O5. The predicted molar refractivity (Wildman–Crippen MR) is 119 cm³/mol. The Morgan fingerprint density at radius 2 is 1.45 bits per heavy atom. The molecule has 0 radical (unpaired) electrons. The summed E-state index contributed by atoms with van der Waals surface area (Å²) in [4.78, 5) is 47.6. The number of carbonyl (C=O) groups excluding carboxylic acids is 4. The second-order valence-electron chi connectivity index (χ2n) is 7.25. The quantitative estimate of drug-likeness (QED) is 0.441. The lowest BCUT2D eigenvalue weighted by molar-refractivity contribution is -0.153. The van der Waals surface area contributed by atoms with E-state index in [1.54, 1.807) is 36.4 Å². The van der Waals surface area contributed by atoms with E-state index in [2.05, 4.69) is 17.6 Å². The fraction of sp³-hybridized carbons (Fsp3) is 0.333. The van der Waals surface area contributed by atoms with Crippen molar-refractivity contribution in [1.29, 1.82) is 0 Å². The monoisotopic (exact) mass is 424 g/mol. The van der Waals surface area contributed by atoms with Crippen LogP contribution in [0.25, 0.3) is 0 Å². The summed E-state index contributed by atoms with van der Waals surface area (Å²) in [6.07, 6.45) is 0.905. The van der Waals surface area contributed by atoms with E-state index in [0.717, 1.165) is 12.8 Å². The summed E-state index contributed by atoms with van der Waals surface area (Å²) in [5.41, 5.74) is 2.84. The highest BCUT2D eigenvalue weighted by Gasteiger charge is 2.19. The zero-order valence-corrected chi connectivity index (χ0v) is 18.1. The Morgan fingerprint density at radius 1 is 0.871 bits per heavy atom. The molecule has 0 bridgehead atoms. The van der Waals surface area contributed by atoms with Crippen LogP contribution >= 0.6 is 0 Å². The molecule has 7 heteroatoms. The summed E-state index contributed by atoms with van der Waals surface area (Å²) in [5.74, 6) is -1.43. The van der Waals surface area contributed by atoms with Gasteiger partial charge in [-0.3, -0.25) is 19.2 Å². The van der Waals surface area contributed by atoms with Gasteiger partial charge in [-0.1, -0.05) is 37.6 Å². The molecule has 0 spiro atoms. The van der Waals surface area contributed by atoms with Crippen molar-refractivity contribution in [1.82, 2.24) is 0 Å². The highest BCUT2D eigenvalue weighted by Crippen LogP contribution is 2.15. The second kappa shape index (κ2) is 11.6. The topological polar surface area (TPSA) is 102 Å². The second-order valence-corrected chi connectivity index (χ2v) is 7.25. The molecule has 0 aliphatic heterocycles. The van der Waals surface area contributed by atoms with Crippen LogP contribution in [0, 0.1) is 0 Å². The lowest BCUT2D eigenvalue weighted by Crippen LogP contribution is -2.30. The molecular weight excluding hydrogens is 396 g/mol. The highest BCUT2D eigenvalue weighted by molar-refractivity contribution is 5.98. The van der Waals surface area contributed by atoms with Gasteiger partial charge in [0.25, 0.3) is 5.91 Å². The molecule has 2 amide bonds. The van der Waals surface area contributed by atoms with Crippen LogP contribution in [0.2, 0.25) is 0 Å². The molecule has 2 aromatic carbocycles. The Kier molecular flexibility index (Phi) is 8.94. The van der Waals surface area contributed by atoms with Crippen LogP contribution in [-0.2, 0) is 25.5 Å². The Bertz CT molecular complexity index is 920. The summed E-state index contributed by atoms with van der Waals surface area (Å²) >= 11 is 0. The Labute approximate surface area is 182 Å². The SMILES string of the molecule is CCCc1ccc(C(=O)CCC(=O)O[C@H](C)C(=O)Nc2ccc(NC(C)=O)cc2)cc1. The Hall–Kier alpha value is -3.48. The average Bonchev–Trinajstić information content (AvgIpc) is 2.73. The van der Waals surface area contributed by atoms with Crippen LogP contribution in [0.5, 0.6) is 0 Å². The smallest absolute Gasteiger partial charge is 0.307 e. The van der Waals surface area contributed by atoms with Gasteiger partial charge < -0.3 is 15.4 Å². The molecule has 0 aliphatic rings. The van der Waals surface area contributed by atoms with Crippen LogP contribution in [0.1, 0.15) is 56.0 Å². The molecule has 0 saturated carbocycles. The number of anilines is 2. The predicted octanol–water partition coefficient (Wildman–Crippen LogP) is 4.13. The minimum atomic E-state index is -1.01. The van der Waals surface area contributed by atoms with Gasteiger partial charge in [0.2, 0.25) is 5.91 Å². The molecule has 164 valence electrons. The molecule has 2 N–H and O–H groups in total. The molecule has 0 fully saturated rings. The van der Waals surface area contributed by atoms with Crippen molar-refractivity contribution in [2.45, 2.75) is 52.6 Å². The van der Waals surface area contributed by atoms with Gasteiger partial charge in [0.1, 0.15) is 0 Å². The average molecular weight is 424 g/mol. The maximum absolute atomic E-state index is 12.3. The first-order chi connectivity index (χ1) is 14.8. The number of aryl methyl sites for hydroxylation is 1. The van der Waals surface area contributed by atoms with Crippen LogP contribution < -0.4 is 10.6 Å². The summed E-state index contributed by atoms with van der Waals surface area (Å²) in [7, 11) is 0. The first kappa shape index (κ1) is 23.8. The van der Waals surface area contributed by atoms with Gasteiger partial charge in [0.05, 0.1) is 6.42 Å². The molecule has 2 aromatic rings. The van der Waals surface area contributed by atoms with E-state index in [4.69, 9.17) is 4.74 Å². The van der Waals surface area contributed by atoms with Crippen molar-refractivity contribution in [3.63, 3.8) is 0 Å². The van der Waals surface area contributed by atoms with Crippen molar-refractivity contribution in [2.75, 3.05) is 10.6 Å². The van der Waals surface area contributed by atoms with E-state index < -0.39 is 18.0 Å². The molecule has 0 aliphatic carbocycles. The zero-order valence-electron chi connectivity index (χ0n) is 18.1. The Balaban J connectivity index is 1.78. The van der Waals surface area contributed by atoms with E-state index >= 15 is 0 Å². The lowest BCUT2D eigenvalue weighted by atomic mass is 10.0. The molecule has 0 aromatic heterocycles. The van der Waals surface area contributed by atoms with Gasteiger partial charge in [-0.15, -0.1) is 0 Å². The lowest BCUT2D eigenvalue weighted by Gasteiger charge is -2.14. The minimum absolute atomic E-state index is 0.0188. The van der Waals surface area contributed by atoms with Gasteiger partial charge in [-0.2, -0.15) is 0 Å². The van der Waals surface area contributed by atoms with Crippen molar-refractivity contribution < 1.29 is 23.9 Å². The molecule has 1 atom stereocenters. The van der Waals surface area contributed by atoms with E-state index in [-0.39, 0.29) is 24.5 Å². The number of ketones is 1. The normalized spacial score (nSPS) is 11.3. The van der Waals surface area contributed by atoms with Crippen LogP contribution in [-0.4, -0.2) is 29.7 Å². The maximum atomic E-state index is 12.3. The van der Waals surface area contributed by atoms with E-state index in [9.17, 15) is 19.2 Å². The number of rotatable bonds is 10. The van der Waals surface area contributed by atoms with E-state index in [0.29, 0.717) is 16.9 Å². The first-order valence-electron chi connectivity index (χ1n) is 10.3. The van der Waals surface area contributed by atoms with Crippen LogP contribution in [0.4, 0.5) is 11.4 Å². The third-order valence-corrected chi connectivity index (χ3v) is 4.52. The number of Topliss-reactive ketones (excluding diaryl/α,β-unsaturated/α-hetero) is 1. The van der Waals surface area contributed by atoms with Crippen molar-refractivity contribution >= 4 is 34.9 Å². The maximum Gasteiger partial charge on any atom is 0.307 e. The number of amides is 2. The number of carbonyl (C=O) groups is 4. The minimum Gasteiger partial charge on any atom is -0.453 e. The number of ether oxygens (including phenoxy) is 1. The Morgan fingerprint density at radius 3 is 2.00 bits per heavy atom. The van der Waals surface area contributed by atoms with Crippen LogP contribution in [0.3, 0.4) is 0 Å². The third kappa shape index (κ3) is 8.04. The van der Waals surface area contributed by atoms with Gasteiger partial charge in [0.15, 0.2) is 11.9 Å². The highest BCUT2D eigenvalue weighted by atomic mass is 16.5. The number of hydrogen-bond donors (Lipinski definition) is 2. The standard InChI is InChI=1S/C24H28N2O5/c1-4-5-18-6-8-19(9-7-18)22(28)14-15-23(29)31-16(2)24(30)26-21-12-10-20(11-13-21)25-17(3)27/h6-13,16H,4-5,14-15H2,1-3H3,(H,25,27)(H,26,30)/t16-/m1/s1. The summed E-state index contributed by atoms with van der Waals surface area (Å²) in [6.45, 7) is 4.96. The number of hydrogen-bond acceptors (Lipinski definition) is 5. The van der Waals surface area contributed by atoms with Crippen LogP contribution in [0.15, 0.2) is 48.5 Å². The van der Waals surface area contributed by atoms with E-state index in [1.165, 1.54) is 19.4 Å². The summed E-state index contributed by atoms with van der Waals surface area (Å²) < 4.78 is 5.14. The van der Waals surface area contributed by atoms with E-state index in [1.807, 2.05) is 12.1 Å². The molecule has 0 unspecified atom stereocenters. The fourth-order valence-corrected chi connectivity index (χ4v) is 2.90.